The SMILES string of the molecule is O=C(c1cnc2ccnn2c1)C1CC2COCC(C1)N2Cc1ccccc1. The minimum absolute atomic E-state index is 0.0192. The van der Waals surface area contributed by atoms with Gasteiger partial charge in [0.1, 0.15) is 0 Å². The average molecular weight is 362 g/mol. The Morgan fingerprint density at radius 1 is 1.11 bits per heavy atom. The van der Waals surface area contributed by atoms with E-state index < -0.39 is 0 Å². The highest BCUT2D eigenvalue weighted by Gasteiger charge is 2.41. The number of ether oxygens (including phenoxy) is 1. The molecule has 5 rings (SSSR count). The van der Waals surface area contributed by atoms with Crippen molar-refractivity contribution in [2.75, 3.05) is 13.2 Å². The van der Waals surface area contributed by atoms with E-state index in [1.807, 2.05) is 12.1 Å². The summed E-state index contributed by atoms with van der Waals surface area (Å²) in [5, 5.41) is 4.20. The summed E-state index contributed by atoms with van der Waals surface area (Å²) in [7, 11) is 0. The van der Waals surface area contributed by atoms with Crippen molar-refractivity contribution >= 4 is 11.4 Å². The van der Waals surface area contributed by atoms with E-state index in [0.717, 1.165) is 25.0 Å². The van der Waals surface area contributed by atoms with Crippen molar-refractivity contribution in [3.63, 3.8) is 0 Å². The lowest BCUT2D eigenvalue weighted by atomic mass is 9.81. The Labute approximate surface area is 157 Å². The lowest BCUT2D eigenvalue weighted by molar-refractivity contribution is -0.0872. The van der Waals surface area contributed by atoms with Crippen molar-refractivity contribution in [2.45, 2.75) is 31.5 Å². The fourth-order valence-electron chi connectivity index (χ4n) is 4.43. The van der Waals surface area contributed by atoms with Crippen LogP contribution in [-0.2, 0) is 11.3 Å². The third kappa shape index (κ3) is 3.15. The molecule has 4 heterocycles. The molecular formula is C21H22N4O2. The van der Waals surface area contributed by atoms with Gasteiger partial charge in [0.25, 0.3) is 0 Å². The summed E-state index contributed by atoms with van der Waals surface area (Å²) in [6, 6.07) is 12.9. The van der Waals surface area contributed by atoms with E-state index in [0.29, 0.717) is 18.8 Å². The third-order valence-electron chi connectivity index (χ3n) is 5.78. The molecule has 2 bridgehead atoms. The maximum atomic E-state index is 13.1. The molecule has 0 spiro atoms. The molecule has 27 heavy (non-hydrogen) atoms. The first-order valence-electron chi connectivity index (χ1n) is 9.49. The molecule has 1 aromatic carbocycles. The number of aromatic nitrogens is 3. The number of hydrogen-bond acceptors (Lipinski definition) is 5. The van der Waals surface area contributed by atoms with Crippen molar-refractivity contribution < 1.29 is 9.53 Å². The van der Waals surface area contributed by atoms with Gasteiger partial charge in [0, 0.05) is 43.0 Å². The number of carbonyl (C=O) groups excluding carboxylic acids is 1. The molecule has 2 saturated heterocycles. The summed E-state index contributed by atoms with van der Waals surface area (Å²) < 4.78 is 7.47. The molecule has 6 heteroatoms. The van der Waals surface area contributed by atoms with Crippen LogP contribution in [0.1, 0.15) is 28.8 Å². The van der Waals surface area contributed by atoms with Gasteiger partial charge in [-0.1, -0.05) is 30.3 Å². The first-order chi connectivity index (χ1) is 13.3. The van der Waals surface area contributed by atoms with Gasteiger partial charge in [-0.2, -0.15) is 5.10 Å². The zero-order valence-corrected chi connectivity index (χ0v) is 15.1. The summed E-state index contributed by atoms with van der Waals surface area (Å²) in [6.07, 6.45) is 6.84. The number of Topliss-reactive ketones (excluding diaryl/α,β-unsaturated/α-hetero) is 1. The van der Waals surface area contributed by atoms with Crippen LogP contribution in [0.15, 0.2) is 55.0 Å². The summed E-state index contributed by atoms with van der Waals surface area (Å²) >= 11 is 0. The highest BCUT2D eigenvalue weighted by molar-refractivity contribution is 5.97. The van der Waals surface area contributed by atoms with Gasteiger partial charge < -0.3 is 4.74 Å². The molecule has 2 atom stereocenters. The van der Waals surface area contributed by atoms with Crippen molar-refractivity contribution in [3.8, 4) is 0 Å². The zero-order chi connectivity index (χ0) is 18.2. The standard InChI is InChI=1S/C21H22N4O2/c26-21(17-10-22-20-6-7-23-25(20)12-17)16-8-18-13-27-14-19(9-16)24(18)11-15-4-2-1-3-5-15/h1-7,10,12,16,18-19H,8-9,11,13-14H2. The van der Waals surface area contributed by atoms with Crippen LogP contribution in [0.2, 0.25) is 0 Å². The molecule has 6 nitrogen and oxygen atoms in total. The molecule has 0 radical (unpaired) electrons. The highest BCUT2D eigenvalue weighted by Crippen LogP contribution is 2.34. The van der Waals surface area contributed by atoms with Gasteiger partial charge in [-0.25, -0.2) is 9.50 Å². The van der Waals surface area contributed by atoms with Crippen LogP contribution < -0.4 is 0 Å². The summed E-state index contributed by atoms with van der Waals surface area (Å²) in [5.41, 5.74) is 2.72. The maximum absolute atomic E-state index is 13.1. The molecule has 0 N–H and O–H groups in total. The van der Waals surface area contributed by atoms with Crippen molar-refractivity contribution in [1.82, 2.24) is 19.5 Å². The fourth-order valence-corrected chi connectivity index (χ4v) is 4.43. The zero-order valence-electron chi connectivity index (χ0n) is 15.1. The molecule has 2 aromatic heterocycles. The predicted molar refractivity (Wildman–Crippen MR) is 100 cm³/mol. The normalized spacial score (nSPS) is 25.6. The van der Waals surface area contributed by atoms with Gasteiger partial charge in [0.15, 0.2) is 11.4 Å². The van der Waals surface area contributed by atoms with Crippen LogP contribution in [0.5, 0.6) is 0 Å². The number of piperidine rings is 1. The van der Waals surface area contributed by atoms with Crippen LogP contribution in [0.3, 0.4) is 0 Å². The molecule has 2 unspecified atom stereocenters. The van der Waals surface area contributed by atoms with Crippen molar-refractivity contribution in [2.24, 2.45) is 5.92 Å². The van der Waals surface area contributed by atoms with Crippen LogP contribution in [-0.4, -0.2) is 50.6 Å². The molecule has 0 amide bonds. The van der Waals surface area contributed by atoms with Gasteiger partial charge in [0.2, 0.25) is 0 Å². The van der Waals surface area contributed by atoms with Gasteiger partial charge in [0.05, 0.1) is 25.0 Å². The number of rotatable bonds is 4. The molecule has 3 aromatic rings. The minimum atomic E-state index is 0.0192. The van der Waals surface area contributed by atoms with Crippen LogP contribution in [0, 0.1) is 5.92 Å². The molecule has 0 aliphatic carbocycles. The van der Waals surface area contributed by atoms with Crippen LogP contribution >= 0.6 is 0 Å². The largest absolute Gasteiger partial charge is 0.378 e. The first kappa shape index (κ1) is 16.6. The topological polar surface area (TPSA) is 59.7 Å². The monoisotopic (exact) mass is 362 g/mol. The molecule has 138 valence electrons. The second-order valence-electron chi connectivity index (χ2n) is 7.51. The predicted octanol–water partition coefficient (Wildman–Crippen LogP) is 2.59. The Morgan fingerprint density at radius 2 is 1.89 bits per heavy atom. The first-order valence-corrected chi connectivity index (χ1v) is 9.49. The lowest BCUT2D eigenvalue weighted by Gasteiger charge is -2.48. The number of ketones is 1. The van der Waals surface area contributed by atoms with Gasteiger partial charge in [-0.3, -0.25) is 9.69 Å². The quantitative estimate of drug-likeness (QED) is 0.668. The average Bonchev–Trinajstić information content (AvgIpc) is 3.16. The van der Waals surface area contributed by atoms with Gasteiger partial charge >= 0.3 is 0 Å². The number of morpholine rings is 1. The number of carbonyl (C=O) groups is 1. The Bertz CT molecular complexity index is 941. The molecule has 2 fully saturated rings. The van der Waals surface area contributed by atoms with E-state index in [9.17, 15) is 4.79 Å². The van der Waals surface area contributed by atoms with E-state index in [1.54, 1.807) is 23.1 Å². The van der Waals surface area contributed by atoms with Crippen LogP contribution in [0.4, 0.5) is 0 Å². The van der Waals surface area contributed by atoms with Gasteiger partial charge in [-0.05, 0) is 18.4 Å². The third-order valence-corrected chi connectivity index (χ3v) is 5.78. The Kier molecular flexibility index (Phi) is 4.22. The Morgan fingerprint density at radius 3 is 2.67 bits per heavy atom. The highest BCUT2D eigenvalue weighted by atomic mass is 16.5. The second kappa shape index (κ2) is 6.87. The van der Waals surface area contributed by atoms with E-state index in [2.05, 4.69) is 39.2 Å². The molecular weight excluding hydrogens is 340 g/mol. The summed E-state index contributed by atoms with van der Waals surface area (Å²) in [5.74, 6) is 0.196. The molecule has 0 saturated carbocycles. The Balaban J connectivity index is 1.35. The molecule has 2 aliphatic heterocycles. The Hall–Kier alpha value is -2.57. The molecule has 2 aliphatic rings. The number of fused-ring (bicyclic) bond motifs is 3. The second-order valence-corrected chi connectivity index (χ2v) is 7.51. The summed E-state index contributed by atoms with van der Waals surface area (Å²) in [6.45, 7) is 2.31. The van der Waals surface area contributed by atoms with E-state index in [4.69, 9.17) is 4.74 Å². The minimum Gasteiger partial charge on any atom is -0.378 e. The smallest absolute Gasteiger partial charge is 0.169 e. The van der Waals surface area contributed by atoms with E-state index >= 15 is 0 Å². The van der Waals surface area contributed by atoms with Crippen molar-refractivity contribution in [1.29, 1.82) is 0 Å². The van der Waals surface area contributed by atoms with E-state index in [1.165, 1.54) is 5.56 Å². The van der Waals surface area contributed by atoms with E-state index in [-0.39, 0.29) is 23.8 Å². The van der Waals surface area contributed by atoms with Crippen molar-refractivity contribution in [3.05, 3.63) is 66.1 Å². The number of nitrogens with zero attached hydrogens (tertiary/aromatic N) is 4. The maximum Gasteiger partial charge on any atom is 0.169 e. The summed E-state index contributed by atoms with van der Waals surface area (Å²) in [4.78, 5) is 20.0. The van der Waals surface area contributed by atoms with Crippen LogP contribution in [0.25, 0.3) is 5.65 Å². The lowest BCUT2D eigenvalue weighted by Crippen LogP contribution is -2.57. The number of hydrogen-bond donors (Lipinski definition) is 0. The number of benzene rings is 1. The van der Waals surface area contributed by atoms with Gasteiger partial charge in [-0.15, -0.1) is 0 Å². The fraction of sp³-hybridized carbons (Fsp3) is 0.381.